The number of nitro groups is 1. The second-order valence-electron chi connectivity index (χ2n) is 4.22. The van der Waals surface area contributed by atoms with Crippen LogP contribution in [-0.2, 0) is 6.42 Å². The molecular weight excluding hydrogens is 344 g/mol. The maximum atomic E-state index is 11.0. The summed E-state index contributed by atoms with van der Waals surface area (Å²) in [5, 5.41) is 14.8. The van der Waals surface area contributed by atoms with Crippen LogP contribution in [0.3, 0.4) is 0 Å². The Bertz CT molecular complexity index is 617. The number of anilines is 1. The van der Waals surface area contributed by atoms with E-state index in [4.69, 9.17) is 11.6 Å². The topological polar surface area (TPSA) is 55.2 Å². The molecule has 104 valence electrons. The van der Waals surface area contributed by atoms with Crippen molar-refractivity contribution in [2.75, 3.05) is 11.9 Å². The van der Waals surface area contributed by atoms with E-state index < -0.39 is 4.92 Å². The van der Waals surface area contributed by atoms with Crippen molar-refractivity contribution < 1.29 is 4.92 Å². The summed E-state index contributed by atoms with van der Waals surface area (Å²) in [6.07, 6.45) is 0.768. The van der Waals surface area contributed by atoms with Crippen LogP contribution in [0.25, 0.3) is 0 Å². The molecule has 0 aromatic heterocycles. The first kappa shape index (κ1) is 14.8. The molecule has 20 heavy (non-hydrogen) atoms. The fourth-order valence-electron chi connectivity index (χ4n) is 1.80. The Morgan fingerprint density at radius 2 is 1.90 bits per heavy atom. The predicted octanol–water partition coefficient (Wildman–Crippen LogP) is 4.67. The Labute approximate surface area is 130 Å². The molecule has 2 aromatic carbocycles. The smallest absolute Gasteiger partial charge is 0.293 e. The molecule has 0 saturated heterocycles. The minimum atomic E-state index is -0.393. The number of benzene rings is 2. The van der Waals surface area contributed by atoms with Gasteiger partial charge in [-0.3, -0.25) is 10.1 Å². The van der Waals surface area contributed by atoms with E-state index in [0.717, 1.165) is 12.0 Å². The van der Waals surface area contributed by atoms with Crippen molar-refractivity contribution in [1.82, 2.24) is 0 Å². The van der Waals surface area contributed by atoms with Crippen molar-refractivity contribution in [1.29, 1.82) is 0 Å². The number of hydrogen-bond donors (Lipinski definition) is 1. The van der Waals surface area contributed by atoms with Gasteiger partial charge >= 0.3 is 0 Å². The number of rotatable bonds is 5. The van der Waals surface area contributed by atoms with Gasteiger partial charge in [0.25, 0.3) is 5.69 Å². The van der Waals surface area contributed by atoms with Crippen LogP contribution in [0.4, 0.5) is 11.4 Å². The number of nitrogens with one attached hydrogen (secondary N) is 1. The van der Waals surface area contributed by atoms with Gasteiger partial charge in [0.05, 0.1) is 4.92 Å². The van der Waals surface area contributed by atoms with Gasteiger partial charge in [-0.15, -0.1) is 0 Å². The zero-order chi connectivity index (χ0) is 14.5. The lowest BCUT2D eigenvalue weighted by Gasteiger charge is -2.07. The first-order valence-corrected chi connectivity index (χ1v) is 7.15. The molecule has 0 radical (unpaired) electrons. The summed E-state index contributed by atoms with van der Waals surface area (Å²) in [5.41, 5.74) is 1.71. The van der Waals surface area contributed by atoms with E-state index >= 15 is 0 Å². The lowest BCUT2D eigenvalue weighted by atomic mass is 10.1. The first-order chi connectivity index (χ1) is 9.56. The molecule has 0 unspecified atom stereocenters. The van der Waals surface area contributed by atoms with Crippen LogP contribution >= 0.6 is 27.5 Å². The number of nitro benzene ring substituents is 1. The molecular formula is C14H12BrClN2O2. The summed E-state index contributed by atoms with van der Waals surface area (Å²) in [7, 11) is 0. The van der Waals surface area contributed by atoms with Crippen molar-refractivity contribution >= 4 is 38.9 Å². The summed E-state index contributed by atoms with van der Waals surface area (Å²) in [4.78, 5) is 10.6. The predicted molar refractivity (Wildman–Crippen MR) is 84.4 cm³/mol. The molecule has 0 aliphatic carbocycles. The van der Waals surface area contributed by atoms with Crippen LogP contribution in [0.2, 0.25) is 5.02 Å². The Kier molecular flexibility index (Phi) is 4.98. The summed E-state index contributed by atoms with van der Waals surface area (Å²) in [6.45, 7) is 0.615. The highest BCUT2D eigenvalue weighted by atomic mass is 79.9. The molecule has 0 atom stereocenters. The Morgan fingerprint density at radius 1 is 1.20 bits per heavy atom. The highest BCUT2D eigenvalue weighted by molar-refractivity contribution is 9.10. The third-order valence-corrected chi connectivity index (χ3v) is 3.54. The van der Waals surface area contributed by atoms with E-state index in [1.807, 2.05) is 24.3 Å². The number of nitrogens with zero attached hydrogens (tertiary/aromatic N) is 1. The molecule has 1 N–H and O–H groups in total. The van der Waals surface area contributed by atoms with Gasteiger partial charge in [-0.1, -0.05) is 39.7 Å². The molecule has 2 rings (SSSR count). The standard InChI is InChI=1S/C14H12BrClN2O2/c15-11-3-6-13(14(9-11)18(19)20)17-8-7-10-1-4-12(16)5-2-10/h1-6,9,17H,7-8H2. The average Bonchev–Trinajstić information content (AvgIpc) is 2.42. The zero-order valence-electron chi connectivity index (χ0n) is 10.5. The van der Waals surface area contributed by atoms with Crippen molar-refractivity contribution in [3.63, 3.8) is 0 Å². The van der Waals surface area contributed by atoms with Gasteiger partial charge in [-0.05, 0) is 36.2 Å². The Balaban J connectivity index is 2.00. The normalized spacial score (nSPS) is 10.3. The number of hydrogen-bond acceptors (Lipinski definition) is 3. The Morgan fingerprint density at radius 3 is 2.55 bits per heavy atom. The van der Waals surface area contributed by atoms with Crippen LogP contribution in [-0.4, -0.2) is 11.5 Å². The quantitative estimate of drug-likeness (QED) is 0.626. The molecule has 0 fully saturated rings. The molecule has 2 aromatic rings. The van der Waals surface area contributed by atoms with Crippen LogP contribution in [0.15, 0.2) is 46.9 Å². The molecule has 4 nitrogen and oxygen atoms in total. The maximum Gasteiger partial charge on any atom is 0.293 e. The van der Waals surface area contributed by atoms with Gasteiger partial charge in [0.15, 0.2) is 0 Å². The number of halogens is 2. The molecule has 0 amide bonds. The second kappa shape index (κ2) is 6.72. The second-order valence-corrected chi connectivity index (χ2v) is 5.57. The fourth-order valence-corrected chi connectivity index (χ4v) is 2.27. The average molecular weight is 356 g/mol. The van der Waals surface area contributed by atoms with E-state index in [1.54, 1.807) is 12.1 Å². The third kappa shape index (κ3) is 3.95. The highest BCUT2D eigenvalue weighted by Gasteiger charge is 2.13. The lowest BCUT2D eigenvalue weighted by Crippen LogP contribution is -2.06. The molecule has 0 heterocycles. The van der Waals surface area contributed by atoms with Gasteiger partial charge < -0.3 is 5.32 Å². The van der Waals surface area contributed by atoms with E-state index in [-0.39, 0.29) is 5.69 Å². The zero-order valence-corrected chi connectivity index (χ0v) is 12.8. The van der Waals surface area contributed by atoms with Crippen LogP contribution in [0, 0.1) is 10.1 Å². The molecule has 0 aliphatic rings. The largest absolute Gasteiger partial charge is 0.379 e. The fraction of sp³-hybridized carbons (Fsp3) is 0.143. The monoisotopic (exact) mass is 354 g/mol. The van der Waals surface area contributed by atoms with Gasteiger partial charge in [0.1, 0.15) is 5.69 Å². The maximum absolute atomic E-state index is 11.0. The van der Waals surface area contributed by atoms with Gasteiger partial charge in [0, 0.05) is 22.1 Å². The first-order valence-electron chi connectivity index (χ1n) is 5.98. The van der Waals surface area contributed by atoms with E-state index in [9.17, 15) is 10.1 Å². The molecule has 0 aliphatic heterocycles. The van der Waals surface area contributed by atoms with Crippen LogP contribution in [0.1, 0.15) is 5.56 Å². The molecule has 0 saturated carbocycles. The molecule has 0 spiro atoms. The molecule has 6 heteroatoms. The van der Waals surface area contributed by atoms with Crippen molar-refractivity contribution in [2.24, 2.45) is 0 Å². The van der Waals surface area contributed by atoms with Gasteiger partial charge in [-0.25, -0.2) is 0 Å². The van der Waals surface area contributed by atoms with Gasteiger partial charge in [-0.2, -0.15) is 0 Å². The lowest BCUT2D eigenvalue weighted by molar-refractivity contribution is -0.384. The van der Waals surface area contributed by atoms with Crippen molar-refractivity contribution in [3.05, 3.63) is 67.6 Å². The minimum absolute atomic E-state index is 0.0653. The Hall–Kier alpha value is -1.59. The highest BCUT2D eigenvalue weighted by Crippen LogP contribution is 2.27. The minimum Gasteiger partial charge on any atom is -0.379 e. The van der Waals surface area contributed by atoms with Crippen LogP contribution in [0.5, 0.6) is 0 Å². The summed E-state index contributed by atoms with van der Waals surface area (Å²) in [5.74, 6) is 0. The van der Waals surface area contributed by atoms with Crippen molar-refractivity contribution in [3.8, 4) is 0 Å². The van der Waals surface area contributed by atoms with E-state index in [2.05, 4.69) is 21.2 Å². The SMILES string of the molecule is O=[N+]([O-])c1cc(Br)ccc1NCCc1ccc(Cl)cc1. The van der Waals surface area contributed by atoms with Crippen molar-refractivity contribution in [2.45, 2.75) is 6.42 Å². The van der Waals surface area contributed by atoms with Crippen LogP contribution < -0.4 is 5.32 Å². The van der Waals surface area contributed by atoms with E-state index in [1.165, 1.54) is 6.07 Å². The van der Waals surface area contributed by atoms with Gasteiger partial charge in [0.2, 0.25) is 0 Å². The van der Waals surface area contributed by atoms with E-state index in [0.29, 0.717) is 21.7 Å². The third-order valence-electron chi connectivity index (χ3n) is 2.80. The summed E-state index contributed by atoms with van der Waals surface area (Å²) < 4.78 is 0.687. The summed E-state index contributed by atoms with van der Waals surface area (Å²) >= 11 is 9.05. The molecule has 0 bridgehead atoms. The summed E-state index contributed by atoms with van der Waals surface area (Å²) in [6, 6.07) is 12.5.